The summed E-state index contributed by atoms with van der Waals surface area (Å²) in [6, 6.07) is 0.744. The van der Waals surface area contributed by atoms with Crippen LogP contribution >= 0.6 is 11.6 Å². The topological polar surface area (TPSA) is 59.1 Å². The molecule has 9 heteroatoms. The smallest absolute Gasteiger partial charge is 0.368 e. The molecule has 0 aliphatic heterocycles. The average Bonchev–Trinajstić information content (AvgIpc) is 2.29. The number of sulfone groups is 1. The summed E-state index contributed by atoms with van der Waals surface area (Å²) in [5.41, 5.74) is -0.956. The van der Waals surface area contributed by atoms with Gasteiger partial charge in [-0.05, 0) is 19.9 Å². The Hall–Kier alpha value is -1.02. The van der Waals surface area contributed by atoms with Crippen LogP contribution in [0.25, 0.3) is 0 Å². The Morgan fingerprint density at radius 2 is 2.00 bits per heavy atom. The summed E-state index contributed by atoms with van der Waals surface area (Å²) in [5, 5.41) is 1.89. The number of halogens is 4. The Bertz CT molecular complexity index is 574. The second-order valence-electron chi connectivity index (χ2n) is 4.39. The third-order valence-electron chi connectivity index (χ3n) is 2.57. The van der Waals surface area contributed by atoms with Crippen LogP contribution in [-0.2, 0) is 16.0 Å². The molecular formula is C11H14ClF3N2O2S. The van der Waals surface area contributed by atoms with Gasteiger partial charge in [0.25, 0.3) is 0 Å². The van der Waals surface area contributed by atoms with Gasteiger partial charge >= 0.3 is 6.18 Å². The van der Waals surface area contributed by atoms with E-state index >= 15 is 0 Å². The van der Waals surface area contributed by atoms with Crippen LogP contribution in [-0.4, -0.2) is 30.9 Å². The normalized spacial score (nSPS) is 12.8. The van der Waals surface area contributed by atoms with Crippen LogP contribution in [0, 0.1) is 0 Å². The zero-order chi connectivity index (χ0) is 15.6. The molecule has 0 aliphatic carbocycles. The molecule has 0 radical (unpaired) electrons. The minimum absolute atomic E-state index is 0.0264. The van der Waals surface area contributed by atoms with E-state index in [0.717, 1.165) is 6.07 Å². The molecule has 0 fully saturated rings. The number of hydrogen-bond donors (Lipinski definition) is 1. The Morgan fingerprint density at radius 1 is 1.40 bits per heavy atom. The highest BCUT2D eigenvalue weighted by molar-refractivity contribution is 7.92. The van der Waals surface area contributed by atoms with Crippen molar-refractivity contribution < 1.29 is 21.6 Å². The summed E-state index contributed by atoms with van der Waals surface area (Å²) in [5.74, 6) is -0.123. The van der Waals surface area contributed by atoms with Crippen LogP contribution in [0.5, 0.6) is 0 Å². The number of nitrogens with one attached hydrogen (secondary N) is 1. The van der Waals surface area contributed by atoms with Crippen LogP contribution in [0.3, 0.4) is 0 Å². The van der Waals surface area contributed by atoms with Crippen molar-refractivity contribution in [3.8, 4) is 0 Å². The van der Waals surface area contributed by atoms with Crippen molar-refractivity contribution in [1.29, 1.82) is 0 Å². The molecule has 1 N–H and O–H groups in total. The van der Waals surface area contributed by atoms with Gasteiger partial charge in [-0.25, -0.2) is 13.4 Å². The Kier molecular flexibility index (Phi) is 5.26. The molecule has 0 bridgehead atoms. The fourth-order valence-electron chi connectivity index (χ4n) is 1.27. The molecular weight excluding hydrogens is 317 g/mol. The minimum atomic E-state index is -4.52. The fourth-order valence-corrected chi connectivity index (χ4v) is 2.36. The number of alkyl halides is 3. The van der Waals surface area contributed by atoms with Gasteiger partial charge < -0.3 is 5.32 Å². The molecule has 0 saturated carbocycles. The van der Waals surface area contributed by atoms with Crippen LogP contribution < -0.4 is 5.32 Å². The first kappa shape index (κ1) is 17.0. The summed E-state index contributed by atoms with van der Waals surface area (Å²) >= 11 is 5.67. The Morgan fingerprint density at radius 3 is 2.45 bits per heavy atom. The number of nitrogens with zero attached hydrogens (tertiary/aromatic N) is 1. The molecule has 1 heterocycles. The summed E-state index contributed by atoms with van der Waals surface area (Å²) in [4.78, 5) is 3.55. The van der Waals surface area contributed by atoms with Gasteiger partial charge in [0.05, 0.1) is 21.6 Å². The van der Waals surface area contributed by atoms with E-state index < -0.39 is 26.8 Å². The SMILES string of the molecule is CC(C)S(=O)(=O)CCNc1ncc(C(F)(F)F)cc1Cl. The van der Waals surface area contributed by atoms with Crippen LogP contribution in [0.4, 0.5) is 19.0 Å². The fraction of sp³-hybridized carbons (Fsp3) is 0.545. The second kappa shape index (κ2) is 6.17. The first-order valence-corrected chi connectivity index (χ1v) is 7.81. The molecule has 0 spiro atoms. The van der Waals surface area contributed by atoms with Crippen molar-refractivity contribution in [3.05, 3.63) is 22.8 Å². The number of anilines is 1. The van der Waals surface area contributed by atoms with Crippen molar-refractivity contribution >= 4 is 27.3 Å². The van der Waals surface area contributed by atoms with E-state index in [9.17, 15) is 21.6 Å². The van der Waals surface area contributed by atoms with E-state index in [-0.39, 0.29) is 23.1 Å². The molecule has 4 nitrogen and oxygen atoms in total. The third kappa shape index (κ3) is 4.52. The van der Waals surface area contributed by atoms with Gasteiger partial charge in [0, 0.05) is 12.7 Å². The lowest BCUT2D eigenvalue weighted by atomic mass is 10.3. The summed E-state index contributed by atoms with van der Waals surface area (Å²) in [6.45, 7) is 3.13. The molecule has 114 valence electrons. The molecule has 0 aliphatic rings. The highest BCUT2D eigenvalue weighted by Gasteiger charge is 2.31. The Balaban J connectivity index is 2.72. The maximum Gasteiger partial charge on any atom is 0.417 e. The van der Waals surface area contributed by atoms with E-state index in [2.05, 4.69) is 10.3 Å². The predicted molar refractivity (Wildman–Crippen MR) is 71.7 cm³/mol. The number of rotatable bonds is 5. The van der Waals surface area contributed by atoms with E-state index in [4.69, 9.17) is 11.6 Å². The van der Waals surface area contributed by atoms with Crippen LogP contribution in [0.15, 0.2) is 12.3 Å². The zero-order valence-electron chi connectivity index (χ0n) is 10.8. The standard InChI is InChI=1S/C11H14ClF3N2O2S/c1-7(2)20(18,19)4-3-16-10-9(12)5-8(6-17-10)11(13,14)15/h5-7H,3-4H2,1-2H3,(H,16,17). The van der Waals surface area contributed by atoms with Crippen molar-refractivity contribution in [2.24, 2.45) is 0 Å². The first-order chi connectivity index (χ1) is 9.04. The molecule has 0 aromatic carbocycles. The van der Waals surface area contributed by atoms with Gasteiger partial charge in [0.2, 0.25) is 0 Å². The number of hydrogen-bond acceptors (Lipinski definition) is 4. The highest BCUT2D eigenvalue weighted by atomic mass is 35.5. The summed E-state index contributed by atoms with van der Waals surface area (Å²) in [6.07, 6.45) is -3.87. The van der Waals surface area contributed by atoms with Crippen molar-refractivity contribution in [3.63, 3.8) is 0 Å². The maximum atomic E-state index is 12.4. The zero-order valence-corrected chi connectivity index (χ0v) is 12.4. The summed E-state index contributed by atoms with van der Waals surface area (Å²) in [7, 11) is -3.23. The second-order valence-corrected chi connectivity index (χ2v) is 7.48. The Labute approximate surface area is 120 Å². The number of pyridine rings is 1. The van der Waals surface area contributed by atoms with Crippen LogP contribution in [0.1, 0.15) is 19.4 Å². The lowest BCUT2D eigenvalue weighted by Gasteiger charge is -2.12. The minimum Gasteiger partial charge on any atom is -0.368 e. The van der Waals surface area contributed by atoms with Gasteiger partial charge in [-0.1, -0.05) is 11.6 Å². The first-order valence-electron chi connectivity index (χ1n) is 5.72. The summed E-state index contributed by atoms with van der Waals surface area (Å²) < 4.78 is 60.3. The molecule has 0 unspecified atom stereocenters. The third-order valence-corrected chi connectivity index (χ3v) is 5.06. The molecule has 20 heavy (non-hydrogen) atoms. The maximum absolute atomic E-state index is 12.4. The van der Waals surface area contributed by atoms with Gasteiger partial charge in [-0.2, -0.15) is 13.2 Å². The van der Waals surface area contributed by atoms with Crippen molar-refractivity contribution in [2.75, 3.05) is 17.6 Å². The van der Waals surface area contributed by atoms with E-state index in [0.29, 0.717) is 6.20 Å². The van der Waals surface area contributed by atoms with Gasteiger partial charge in [-0.3, -0.25) is 0 Å². The van der Waals surface area contributed by atoms with Gasteiger partial charge in [0.15, 0.2) is 9.84 Å². The van der Waals surface area contributed by atoms with Gasteiger partial charge in [-0.15, -0.1) is 0 Å². The number of aromatic nitrogens is 1. The van der Waals surface area contributed by atoms with Crippen molar-refractivity contribution in [1.82, 2.24) is 4.98 Å². The predicted octanol–water partition coefficient (Wildman–Crippen LogP) is 2.99. The lowest BCUT2D eigenvalue weighted by Crippen LogP contribution is -2.23. The average molecular weight is 331 g/mol. The molecule has 1 aromatic heterocycles. The van der Waals surface area contributed by atoms with E-state index in [1.165, 1.54) is 0 Å². The van der Waals surface area contributed by atoms with Crippen molar-refractivity contribution in [2.45, 2.75) is 25.3 Å². The molecule has 0 saturated heterocycles. The largest absolute Gasteiger partial charge is 0.417 e. The van der Waals surface area contributed by atoms with E-state index in [1.807, 2.05) is 0 Å². The van der Waals surface area contributed by atoms with Gasteiger partial charge in [0.1, 0.15) is 5.82 Å². The highest BCUT2D eigenvalue weighted by Crippen LogP contribution is 2.32. The molecule has 1 aromatic rings. The molecule has 0 atom stereocenters. The van der Waals surface area contributed by atoms with E-state index in [1.54, 1.807) is 13.8 Å². The van der Waals surface area contributed by atoms with Crippen LogP contribution in [0.2, 0.25) is 5.02 Å². The molecule has 1 rings (SSSR count). The quantitative estimate of drug-likeness (QED) is 0.901. The lowest BCUT2D eigenvalue weighted by molar-refractivity contribution is -0.137. The molecule has 0 amide bonds. The monoisotopic (exact) mass is 330 g/mol.